The summed E-state index contributed by atoms with van der Waals surface area (Å²) in [5.74, 6) is 1.14. The summed E-state index contributed by atoms with van der Waals surface area (Å²) in [6, 6.07) is 7.85. The van der Waals surface area contributed by atoms with Crippen LogP contribution in [0.25, 0.3) is 11.5 Å². The Morgan fingerprint density at radius 1 is 1.29 bits per heavy atom. The number of rotatable bonds is 4. The Kier molecular flexibility index (Phi) is 4.31. The van der Waals surface area contributed by atoms with E-state index < -0.39 is 0 Å². The molecule has 2 N–H and O–H groups in total. The van der Waals surface area contributed by atoms with Crippen LogP contribution in [0.2, 0.25) is 0 Å². The van der Waals surface area contributed by atoms with Crippen LogP contribution in [-0.2, 0) is 0 Å². The first-order valence-corrected chi connectivity index (χ1v) is 7.61. The molecule has 0 amide bonds. The summed E-state index contributed by atoms with van der Waals surface area (Å²) in [4.78, 5) is 6.84. The summed E-state index contributed by atoms with van der Waals surface area (Å²) in [6.45, 7) is 5.09. The Morgan fingerprint density at radius 3 is 2.86 bits per heavy atom. The number of likely N-dealkylation sites (tertiary alicyclic amines) is 1. The molecule has 1 saturated heterocycles. The lowest BCUT2D eigenvalue weighted by Gasteiger charge is -2.27. The molecule has 1 unspecified atom stereocenters. The van der Waals surface area contributed by atoms with Gasteiger partial charge in [-0.3, -0.25) is 0 Å². The van der Waals surface area contributed by atoms with Crippen LogP contribution in [0.15, 0.2) is 28.8 Å². The van der Waals surface area contributed by atoms with E-state index in [-0.39, 0.29) is 6.04 Å². The Balaban J connectivity index is 1.69. The molecule has 5 heteroatoms. The Bertz CT molecular complexity index is 589. The van der Waals surface area contributed by atoms with E-state index in [0.717, 1.165) is 25.2 Å². The van der Waals surface area contributed by atoms with Crippen LogP contribution < -0.4 is 5.73 Å². The first-order valence-electron chi connectivity index (χ1n) is 7.61. The maximum Gasteiger partial charge on any atom is 0.257 e. The van der Waals surface area contributed by atoms with Crippen LogP contribution in [0.3, 0.4) is 0 Å². The van der Waals surface area contributed by atoms with E-state index in [1.54, 1.807) is 0 Å². The smallest absolute Gasteiger partial charge is 0.257 e. The molecular weight excluding hydrogens is 264 g/mol. The number of nitrogens with two attached hydrogens (primary N) is 1. The molecule has 1 aliphatic rings. The third-order valence-corrected chi connectivity index (χ3v) is 3.94. The monoisotopic (exact) mass is 286 g/mol. The summed E-state index contributed by atoms with van der Waals surface area (Å²) in [5.41, 5.74) is 8.34. The van der Waals surface area contributed by atoms with Crippen molar-refractivity contribution in [2.45, 2.75) is 32.2 Å². The molecule has 1 atom stereocenters. The van der Waals surface area contributed by atoms with Crippen molar-refractivity contribution in [3.63, 3.8) is 0 Å². The number of aromatic nitrogens is 2. The molecule has 0 bridgehead atoms. The minimum Gasteiger partial charge on any atom is -0.334 e. The largest absolute Gasteiger partial charge is 0.334 e. The average molecular weight is 286 g/mol. The molecule has 0 aliphatic carbocycles. The van der Waals surface area contributed by atoms with Crippen LogP contribution in [-0.4, -0.2) is 34.7 Å². The van der Waals surface area contributed by atoms with E-state index in [2.05, 4.69) is 15.0 Å². The van der Waals surface area contributed by atoms with Crippen molar-refractivity contribution in [2.24, 2.45) is 5.73 Å². The number of hydrogen-bond acceptors (Lipinski definition) is 5. The summed E-state index contributed by atoms with van der Waals surface area (Å²) in [5, 5.41) is 4.05. The van der Waals surface area contributed by atoms with E-state index >= 15 is 0 Å². The van der Waals surface area contributed by atoms with Crippen LogP contribution in [0.1, 0.15) is 36.7 Å². The summed E-state index contributed by atoms with van der Waals surface area (Å²) in [6.07, 6.45) is 3.84. The second-order valence-electron chi connectivity index (χ2n) is 5.79. The Morgan fingerprint density at radius 2 is 2.10 bits per heavy atom. The van der Waals surface area contributed by atoms with Crippen molar-refractivity contribution in [3.8, 4) is 11.5 Å². The quantitative estimate of drug-likeness (QED) is 0.935. The van der Waals surface area contributed by atoms with E-state index in [9.17, 15) is 0 Å². The molecule has 3 rings (SSSR count). The van der Waals surface area contributed by atoms with Gasteiger partial charge in [-0.05, 0) is 45.0 Å². The van der Waals surface area contributed by atoms with Gasteiger partial charge in [0.05, 0.1) is 6.04 Å². The zero-order valence-corrected chi connectivity index (χ0v) is 12.5. The van der Waals surface area contributed by atoms with Gasteiger partial charge < -0.3 is 15.2 Å². The van der Waals surface area contributed by atoms with Gasteiger partial charge in [0.25, 0.3) is 5.89 Å². The topological polar surface area (TPSA) is 68.2 Å². The van der Waals surface area contributed by atoms with E-state index in [1.165, 1.54) is 24.8 Å². The van der Waals surface area contributed by atoms with Crippen LogP contribution in [0, 0.1) is 6.92 Å². The number of aryl methyl sites for hydroxylation is 1. The zero-order chi connectivity index (χ0) is 14.7. The van der Waals surface area contributed by atoms with Gasteiger partial charge >= 0.3 is 0 Å². The van der Waals surface area contributed by atoms with Crippen LogP contribution >= 0.6 is 0 Å². The number of piperidine rings is 1. The second-order valence-corrected chi connectivity index (χ2v) is 5.79. The third kappa shape index (κ3) is 3.49. The highest BCUT2D eigenvalue weighted by Crippen LogP contribution is 2.20. The highest BCUT2D eigenvalue weighted by molar-refractivity contribution is 5.53. The molecule has 5 nitrogen and oxygen atoms in total. The average Bonchev–Trinajstić information content (AvgIpc) is 2.98. The predicted octanol–water partition coefficient (Wildman–Crippen LogP) is 2.53. The van der Waals surface area contributed by atoms with Crippen molar-refractivity contribution in [3.05, 3.63) is 35.7 Å². The van der Waals surface area contributed by atoms with Crippen molar-refractivity contribution in [1.82, 2.24) is 15.0 Å². The van der Waals surface area contributed by atoms with Gasteiger partial charge in [0.15, 0.2) is 5.82 Å². The number of hydrogen-bond donors (Lipinski definition) is 1. The van der Waals surface area contributed by atoms with Crippen molar-refractivity contribution >= 4 is 0 Å². The molecule has 112 valence electrons. The fraction of sp³-hybridized carbons (Fsp3) is 0.500. The standard InChI is InChI=1S/C16H22N4O/c1-12-6-5-7-13(10-12)16-18-15(19-21-16)14(17)11-20-8-3-2-4-9-20/h5-7,10,14H,2-4,8-9,11,17H2,1H3. The highest BCUT2D eigenvalue weighted by Gasteiger charge is 2.19. The SMILES string of the molecule is Cc1cccc(-c2nc(C(N)CN3CCCCC3)no2)c1. The van der Waals surface area contributed by atoms with E-state index in [1.807, 2.05) is 31.2 Å². The van der Waals surface area contributed by atoms with Gasteiger partial charge in [-0.2, -0.15) is 4.98 Å². The first-order chi connectivity index (χ1) is 10.2. The third-order valence-electron chi connectivity index (χ3n) is 3.94. The van der Waals surface area contributed by atoms with Gasteiger partial charge in [-0.25, -0.2) is 0 Å². The number of benzene rings is 1. The molecule has 1 aliphatic heterocycles. The second kappa shape index (κ2) is 6.37. The predicted molar refractivity (Wildman–Crippen MR) is 81.7 cm³/mol. The fourth-order valence-corrected chi connectivity index (χ4v) is 2.78. The van der Waals surface area contributed by atoms with Crippen molar-refractivity contribution in [1.29, 1.82) is 0 Å². The lowest BCUT2D eigenvalue weighted by Crippen LogP contribution is -2.36. The van der Waals surface area contributed by atoms with Crippen molar-refractivity contribution in [2.75, 3.05) is 19.6 Å². The normalized spacial score (nSPS) is 17.8. The van der Waals surface area contributed by atoms with Gasteiger partial charge in [-0.15, -0.1) is 0 Å². The lowest BCUT2D eigenvalue weighted by molar-refractivity contribution is 0.213. The lowest BCUT2D eigenvalue weighted by atomic mass is 10.1. The van der Waals surface area contributed by atoms with Gasteiger partial charge in [0, 0.05) is 12.1 Å². The van der Waals surface area contributed by atoms with Gasteiger partial charge in [-0.1, -0.05) is 29.3 Å². The molecule has 1 fully saturated rings. The summed E-state index contributed by atoms with van der Waals surface area (Å²) < 4.78 is 5.36. The van der Waals surface area contributed by atoms with Crippen molar-refractivity contribution < 1.29 is 4.52 Å². The molecule has 1 aromatic heterocycles. The van der Waals surface area contributed by atoms with Gasteiger partial charge in [0.1, 0.15) is 0 Å². The van der Waals surface area contributed by atoms with Crippen LogP contribution in [0.5, 0.6) is 0 Å². The molecule has 0 spiro atoms. The Labute approximate surface area is 125 Å². The minimum absolute atomic E-state index is 0.189. The Hall–Kier alpha value is -1.72. The molecular formula is C16H22N4O. The zero-order valence-electron chi connectivity index (χ0n) is 12.5. The molecule has 2 aromatic rings. The summed E-state index contributed by atoms with van der Waals surface area (Å²) in [7, 11) is 0. The molecule has 0 radical (unpaired) electrons. The maximum atomic E-state index is 6.22. The van der Waals surface area contributed by atoms with E-state index in [4.69, 9.17) is 10.3 Å². The number of nitrogens with zero attached hydrogens (tertiary/aromatic N) is 3. The van der Waals surface area contributed by atoms with Crippen LogP contribution in [0.4, 0.5) is 0 Å². The molecule has 2 heterocycles. The highest BCUT2D eigenvalue weighted by atomic mass is 16.5. The molecule has 1 aromatic carbocycles. The fourth-order valence-electron chi connectivity index (χ4n) is 2.78. The summed E-state index contributed by atoms with van der Waals surface area (Å²) >= 11 is 0. The maximum absolute atomic E-state index is 6.22. The molecule has 0 saturated carbocycles. The first kappa shape index (κ1) is 14.2. The minimum atomic E-state index is -0.189. The van der Waals surface area contributed by atoms with Gasteiger partial charge in [0.2, 0.25) is 0 Å². The molecule has 21 heavy (non-hydrogen) atoms. The van der Waals surface area contributed by atoms with E-state index in [0.29, 0.717) is 11.7 Å².